The molecule has 96 valence electrons. The molecule has 1 aliphatic rings. The number of amides is 1. The molecule has 1 aromatic rings. The lowest BCUT2D eigenvalue weighted by Crippen LogP contribution is -2.22. The number of phenolic OH excluding ortho intramolecular Hbond substituents is 1. The highest BCUT2D eigenvalue weighted by atomic mass is 16.3. The quantitative estimate of drug-likeness (QED) is 0.788. The van der Waals surface area contributed by atoms with E-state index in [4.69, 9.17) is 0 Å². The molecule has 1 aliphatic carbocycles. The van der Waals surface area contributed by atoms with Gasteiger partial charge in [-0.05, 0) is 43.7 Å². The summed E-state index contributed by atoms with van der Waals surface area (Å²) in [5.74, 6) is 0.255. The number of carbonyl (C=O) groups is 1. The summed E-state index contributed by atoms with van der Waals surface area (Å²) in [4.78, 5) is 11.8. The van der Waals surface area contributed by atoms with E-state index < -0.39 is 0 Å². The molecular formula is C14H18N2O2. The van der Waals surface area contributed by atoms with Crippen LogP contribution in [0.5, 0.6) is 5.75 Å². The molecule has 18 heavy (non-hydrogen) atoms. The second kappa shape index (κ2) is 5.67. The van der Waals surface area contributed by atoms with E-state index in [-0.39, 0.29) is 17.2 Å². The van der Waals surface area contributed by atoms with Gasteiger partial charge in [-0.25, -0.2) is 5.43 Å². The largest absolute Gasteiger partial charge is 0.507 e. The average molecular weight is 246 g/mol. The fraction of sp³-hybridized carbons (Fsp3) is 0.429. The van der Waals surface area contributed by atoms with E-state index in [1.54, 1.807) is 18.2 Å². The van der Waals surface area contributed by atoms with Crippen LogP contribution in [0, 0.1) is 5.92 Å². The van der Waals surface area contributed by atoms with Gasteiger partial charge in [0.2, 0.25) is 0 Å². The van der Waals surface area contributed by atoms with E-state index >= 15 is 0 Å². The predicted molar refractivity (Wildman–Crippen MR) is 70.6 cm³/mol. The van der Waals surface area contributed by atoms with Crippen molar-refractivity contribution in [3.63, 3.8) is 0 Å². The first-order valence-corrected chi connectivity index (χ1v) is 6.30. The van der Waals surface area contributed by atoms with Crippen molar-refractivity contribution in [2.45, 2.75) is 32.6 Å². The molecule has 1 atom stereocenters. The zero-order chi connectivity index (χ0) is 13.0. The maximum atomic E-state index is 11.8. The average Bonchev–Trinajstić information content (AvgIpc) is 2.37. The Labute approximate surface area is 107 Å². The van der Waals surface area contributed by atoms with Crippen molar-refractivity contribution in [3.05, 3.63) is 29.8 Å². The number of nitrogens with zero attached hydrogens (tertiary/aromatic N) is 1. The number of aromatic hydroxyl groups is 1. The summed E-state index contributed by atoms with van der Waals surface area (Å²) in [6.07, 6.45) is 4.26. The van der Waals surface area contributed by atoms with Crippen LogP contribution >= 0.6 is 0 Å². The summed E-state index contributed by atoms with van der Waals surface area (Å²) in [5.41, 5.74) is 3.81. The molecule has 0 aliphatic heterocycles. The smallest absolute Gasteiger partial charge is 0.275 e. The van der Waals surface area contributed by atoms with Crippen molar-refractivity contribution in [1.82, 2.24) is 5.43 Å². The Balaban J connectivity index is 2.00. The van der Waals surface area contributed by atoms with Crippen LogP contribution in [0.25, 0.3) is 0 Å². The first-order chi connectivity index (χ1) is 8.66. The molecule has 1 amide bonds. The lowest BCUT2D eigenvalue weighted by Gasteiger charge is -2.18. The summed E-state index contributed by atoms with van der Waals surface area (Å²) in [5, 5.41) is 13.7. The van der Waals surface area contributed by atoms with Gasteiger partial charge < -0.3 is 5.11 Å². The van der Waals surface area contributed by atoms with Gasteiger partial charge in [0.25, 0.3) is 5.91 Å². The highest BCUT2D eigenvalue weighted by Crippen LogP contribution is 2.21. The Bertz CT molecular complexity index is 469. The monoisotopic (exact) mass is 246 g/mol. The summed E-state index contributed by atoms with van der Waals surface area (Å²) >= 11 is 0. The molecule has 4 heteroatoms. The molecule has 0 aromatic heterocycles. The highest BCUT2D eigenvalue weighted by Gasteiger charge is 2.15. The number of hydrazone groups is 1. The van der Waals surface area contributed by atoms with Crippen molar-refractivity contribution in [1.29, 1.82) is 0 Å². The summed E-state index contributed by atoms with van der Waals surface area (Å²) in [6, 6.07) is 6.46. The molecule has 0 heterocycles. The van der Waals surface area contributed by atoms with Crippen molar-refractivity contribution in [2.75, 3.05) is 0 Å². The van der Waals surface area contributed by atoms with Gasteiger partial charge in [-0.3, -0.25) is 4.79 Å². The zero-order valence-corrected chi connectivity index (χ0v) is 10.5. The maximum absolute atomic E-state index is 11.8. The Hall–Kier alpha value is -1.84. The maximum Gasteiger partial charge on any atom is 0.275 e. The molecule has 0 bridgehead atoms. The number of rotatable bonds is 2. The Kier molecular flexibility index (Phi) is 3.97. The number of nitrogens with one attached hydrogen (secondary N) is 1. The lowest BCUT2D eigenvalue weighted by molar-refractivity contribution is 0.0952. The minimum Gasteiger partial charge on any atom is -0.507 e. The van der Waals surface area contributed by atoms with E-state index in [2.05, 4.69) is 17.5 Å². The number of phenols is 1. The summed E-state index contributed by atoms with van der Waals surface area (Å²) < 4.78 is 0. The Morgan fingerprint density at radius 2 is 2.22 bits per heavy atom. The minimum atomic E-state index is -0.362. The highest BCUT2D eigenvalue weighted by molar-refractivity contribution is 5.97. The van der Waals surface area contributed by atoms with E-state index in [1.807, 2.05) is 0 Å². The SMILES string of the molecule is C[C@H]1CCCC(=NNC(=O)c2ccccc2O)C1. The van der Waals surface area contributed by atoms with Crippen LogP contribution in [0.2, 0.25) is 0 Å². The van der Waals surface area contributed by atoms with Crippen LogP contribution < -0.4 is 5.43 Å². The fourth-order valence-corrected chi connectivity index (χ4v) is 2.22. The molecule has 0 radical (unpaired) electrons. The molecule has 2 N–H and O–H groups in total. The van der Waals surface area contributed by atoms with Gasteiger partial charge >= 0.3 is 0 Å². The molecule has 0 unspecified atom stereocenters. The zero-order valence-electron chi connectivity index (χ0n) is 10.5. The second-order valence-corrected chi connectivity index (χ2v) is 4.84. The molecule has 4 nitrogen and oxygen atoms in total. The van der Waals surface area contributed by atoms with Gasteiger partial charge in [-0.15, -0.1) is 0 Å². The van der Waals surface area contributed by atoms with E-state index in [9.17, 15) is 9.90 Å². The number of hydrogen-bond acceptors (Lipinski definition) is 3. The van der Waals surface area contributed by atoms with Gasteiger partial charge in [0.1, 0.15) is 5.75 Å². The van der Waals surface area contributed by atoms with Crippen molar-refractivity contribution in [3.8, 4) is 5.75 Å². The number of para-hydroxylation sites is 1. The number of hydrogen-bond donors (Lipinski definition) is 2. The predicted octanol–water partition coefficient (Wildman–Crippen LogP) is 2.69. The standard InChI is InChI=1S/C14H18N2O2/c1-10-5-4-6-11(9-10)15-16-14(18)12-7-2-3-8-13(12)17/h2-3,7-8,10,17H,4-6,9H2,1H3,(H,16,18)/t10-/m0/s1. The first-order valence-electron chi connectivity index (χ1n) is 6.30. The van der Waals surface area contributed by atoms with Crippen molar-refractivity contribution >= 4 is 11.6 Å². The van der Waals surface area contributed by atoms with Crippen LogP contribution in [0.3, 0.4) is 0 Å². The van der Waals surface area contributed by atoms with Gasteiger partial charge in [-0.1, -0.05) is 19.1 Å². The van der Waals surface area contributed by atoms with Crippen LogP contribution in [0.4, 0.5) is 0 Å². The topological polar surface area (TPSA) is 61.7 Å². The lowest BCUT2D eigenvalue weighted by atomic mass is 9.89. The van der Waals surface area contributed by atoms with Crippen LogP contribution in [0.1, 0.15) is 43.0 Å². The van der Waals surface area contributed by atoms with E-state index in [1.165, 1.54) is 12.5 Å². The second-order valence-electron chi connectivity index (χ2n) is 4.84. The number of benzene rings is 1. The van der Waals surface area contributed by atoms with Gasteiger partial charge in [0, 0.05) is 5.71 Å². The third-order valence-corrected chi connectivity index (χ3v) is 3.21. The molecule has 2 rings (SSSR count). The summed E-state index contributed by atoms with van der Waals surface area (Å²) in [7, 11) is 0. The Morgan fingerprint density at radius 1 is 1.44 bits per heavy atom. The third-order valence-electron chi connectivity index (χ3n) is 3.21. The molecule has 1 fully saturated rings. The Morgan fingerprint density at radius 3 is 2.94 bits per heavy atom. The van der Waals surface area contributed by atoms with Crippen molar-refractivity contribution < 1.29 is 9.90 Å². The van der Waals surface area contributed by atoms with Gasteiger partial charge in [0.05, 0.1) is 5.56 Å². The normalized spacial score (nSPS) is 21.8. The molecule has 1 saturated carbocycles. The minimum absolute atomic E-state index is 0.0211. The summed E-state index contributed by atoms with van der Waals surface area (Å²) in [6.45, 7) is 2.19. The van der Waals surface area contributed by atoms with Gasteiger partial charge in [-0.2, -0.15) is 5.10 Å². The molecular weight excluding hydrogens is 228 g/mol. The van der Waals surface area contributed by atoms with Crippen LogP contribution in [0.15, 0.2) is 29.4 Å². The van der Waals surface area contributed by atoms with Crippen LogP contribution in [-0.4, -0.2) is 16.7 Å². The number of carbonyl (C=O) groups excluding carboxylic acids is 1. The van der Waals surface area contributed by atoms with E-state index in [0.29, 0.717) is 5.92 Å². The van der Waals surface area contributed by atoms with Crippen LogP contribution in [-0.2, 0) is 0 Å². The van der Waals surface area contributed by atoms with E-state index in [0.717, 1.165) is 25.0 Å². The molecule has 0 saturated heterocycles. The van der Waals surface area contributed by atoms with Crippen molar-refractivity contribution in [2.24, 2.45) is 11.0 Å². The molecule has 1 aromatic carbocycles. The fourth-order valence-electron chi connectivity index (χ4n) is 2.22. The third kappa shape index (κ3) is 3.09. The van der Waals surface area contributed by atoms with Gasteiger partial charge in [0.15, 0.2) is 0 Å². The molecule has 0 spiro atoms. The first kappa shape index (κ1) is 12.6.